The molecule has 0 saturated heterocycles. The number of hydrogen-bond donors (Lipinski definition) is 1. The standard InChI is InChI=1S/C24H20BrFN2OS/c25-19-9-5-18(6-10-19)14-28-15-23(21-3-1-2-4-22(21)28)30-16-24(29)27-13-17-7-11-20(26)12-8-17/h1-12,15H,13-14,16H2,(H,27,29). The third kappa shape index (κ3) is 5.12. The molecule has 0 unspecified atom stereocenters. The number of thioether (sulfide) groups is 1. The first kappa shape index (κ1) is 20.7. The summed E-state index contributed by atoms with van der Waals surface area (Å²) in [6.45, 7) is 1.16. The number of hydrogen-bond acceptors (Lipinski definition) is 2. The Hall–Kier alpha value is -2.57. The highest BCUT2D eigenvalue weighted by atomic mass is 79.9. The summed E-state index contributed by atoms with van der Waals surface area (Å²) in [7, 11) is 0. The second-order valence-electron chi connectivity index (χ2n) is 6.96. The molecule has 0 aliphatic heterocycles. The fourth-order valence-electron chi connectivity index (χ4n) is 3.24. The van der Waals surface area contributed by atoms with Gasteiger partial charge in [-0.3, -0.25) is 4.79 Å². The highest BCUT2D eigenvalue weighted by Crippen LogP contribution is 2.30. The van der Waals surface area contributed by atoms with E-state index in [-0.39, 0.29) is 11.7 Å². The lowest BCUT2D eigenvalue weighted by atomic mass is 10.2. The number of carbonyl (C=O) groups is 1. The van der Waals surface area contributed by atoms with E-state index < -0.39 is 0 Å². The Kier molecular flexibility index (Phi) is 6.55. The number of nitrogens with one attached hydrogen (secondary N) is 1. The van der Waals surface area contributed by atoms with Crippen molar-refractivity contribution in [2.24, 2.45) is 0 Å². The number of aromatic nitrogens is 1. The van der Waals surface area contributed by atoms with E-state index in [4.69, 9.17) is 0 Å². The number of rotatable bonds is 7. The van der Waals surface area contributed by atoms with Gasteiger partial charge in [0.2, 0.25) is 5.91 Å². The minimum atomic E-state index is -0.278. The highest BCUT2D eigenvalue weighted by molar-refractivity contribution is 9.10. The summed E-state index contributed by atoms with van der Waals surface area (Å²) >= 11 is 5.00. The quantitative estimate of drug-likeness (QED) is 0.327. The molecule has 0 radical (unpaired) electrons. The Labute approximate surface area is 187 Å². The van der Waals surface area contributed by atoms with Crippen molar-refractivity contribution in [3.8, 4) is 0 Å². The van der Waals surface area contributed by atoms with Gasteiger partial charge in [0, 0.05) is 39.6 Å². The molecular formula is C24H20BrFN2OS. The number of para-hydroxylation sites is 1. The van der Waals surface area contributed by atoms with Crippen LogP contribution in [0.15, 0.2) is 88.4 Å². The van der Waals surface area contributed by atoms with Crippen LogP contribution in [-0.2, 0) is 17.9 Å². The number of amides is 1. The number of fused-ring (bicyclic) bond motifs is 1. The zero-order valence-electron chi connectivity index (χ0n) is 16.1. The number of nitrogens with zero attached hydrogens (tertiary/aromatic N) is 1. The van der Waals surface area contributed by atoms with Crippen molar-refractivity contribution in [3.05, 3.63) is 100 Å². The van der Waals surface area contributed by atoms with Crippen LogP contribution in [0.1, 0.15) is 11.1 Å². The van der Waals surface area contributed by atoms with Gasteiger partial charge < -0.3 is 9.88 Å². The maximum absolute atomic E-state index is 13.0. The van der Waals surface area contributed by atoms with Crippen molar-refractivity contribution < 1.29 is 9.18 Å². The summed E-state index contributed by atoms with van der Waals surface area (Å²) in [6, 6.07) is 22.7. The lowest BCUT2D eigenvalue weighted by molar-refractivity contribution is -0.118. The number of benzene rings is 3. The Morgan fingerprint density at radius 3 is 2.43 bits per heavy atom. The molecular weight excluding hydrogens is 463 g/mol. The van der Waals surface area contributed by atoms with E-state index >= 15 is 0 Å². The molecule has 4 rings (SSSR count). The Morgan fingerprint density at radius 1 is 0.967 bits per heavy atom. The second-order valence-corrected chi connectivity index (χ2v) is 8.89. The first-order chi connectivity index (χ1) is 14.6. The van der Waals surface area contributed by atoms with Gasteiger partial charge in [-0.1, -0.05) is 58.4 Å². The summed E-state index contributed by atoms with van der Waals surface area (Å²) < 4.78 is 16.3. The van der Waals surface area contributed by atoms with E-state index in [9.17, 15) is 9.18 Å². The first-order valence-corrected chi connectivity index (χ1v) is 11.3. The maximum Gasteiger partial charge on any atom is 0.230 e. The van der Waals surface area contributed by atoms with E-state index in [1.807, 2.05) is 24.3 Å². The smallest absolute Gasteiger partial charge is 0.230 e. The molecule has 0 spiro atoms. The second kappa shape index (κ2) is 9.49. The first-order valence-electron chi connectivity index (χ1n) is 9.55. The molecule has 1 N–H and O–H groups in total. The van der Waals surface area contributed by atoms with Crippen LogP contribution in [0.2, 0.25) is 0 Å². The summed E-state index contributed by atoms with van der Waals surface area (Å²) in [6.07, 6.45) is 2.12. The zero-order chi connectivity index (χ0) is 20.9. The normalized spacial score (nSPS) is 11.0. The molecule has 0 saturated carbocycles. The van der Waals surface area contributed by atoms with Gasteiger partial charge >= 0.3 is 0 Å². The van der Waals surface area contributed by atoms with Crippen LogP contribution in [-0.4, -0.2) is 16.2 Å². The monoisotopic (exact) mass is 482 g/mol. The van der Waals surface area contributed by atoms with E-state index in [0.29, 0.717) is 12.3 Å². The molecule has 0 aliphatic carbocycles. The third-order valence-electron chi connectivity index (χ3n) is 4.78. The molecule has 3 nitrogen and oxygen atoms in total. The summed E-state index contributed by atoms with van der Waals surface area (Å²) in [5, 5.41) is 4.04. The lowest BCUT2D eigenvalue weighted by Crippen LogP contribution is -2.24. The lowest BCUT2D eigenvalue weighted by Gasteiger charge is -2.05. The highest BCUT2D eigenvalue weighted by Gasteiger charge is 2.11. The van der Waals surface area contributed by atoms with Crippen molar-refractivity contribution >= 4 is 44.5 Å². The molecule has 30 heavy (non-hydrogen) atoms. The predicted octanol–water partition coefficient (Wildman–Crippen LogP) is 6.00. The van der Waals surface area contributed by atoms with Gasteiger partial charge in [-0.25, -0.2) is 4.39 Å². The molecule has 0 atom stereocenters. The summed E-state index contributed by atoms with van der Waals surface area (Å²) in [5.74, 6) is 0.00208. The van der Waals surface area contributed by atoms with Gasteiger partial charge in [-0.15, -0.1) is 11.8 Å². The summed E-state index contributed by atoms with van der Waals surface area (Å²) in [4.78, 5) is 13.4. The molecule has 4 aromatic rings. The van der Waals surface area contributed by atoms with E-state index in [1.54, 1.807) is 12.1 Å². The van der Waals surface area contributed by atoms with Gasteiger partial charge in [0.05, 0.1) is 5.75 Å². The van der Waals surface area contributed by atoms with Crippen LogP contribution in [0.5, 0.6) is 0 Å². The average molecular weight is 483 g/mol. The molecule has 152 valence electrons. The number of carbonyl (C=O) groups excluding carboxylic acids is 1. The predicted molar refractivity (Wildman–Crippen MR) is 124 cm³/mol. The zero-order valence-corrected chi connectivity index (χ0v) is 18.5. The summed E-state index contributed by atoms with van der Waals surface area (Å²) in [5.41, 5.74) is 3.24. The minimum Gasteiger partial charge on any atom is -0.351 e. The van der Waals surface area contributed by atoms with E-state index in [1.165, 1.54) is 29.5 Å². The molecule has 0 aliphatic rings. The van der Waals surface area contributed by atoms with Crippen molar-refractivity contribution in [1.82, 2.24) is 9.88 Å². The van der Waals surface area contributed by atoms with Crippen LogP contribution in [0, 0.1) is 5.82 Å². The minimum absolute atomic E-state index is 0.0472. The Balaban J connectivity index is 1.43. The Bertz CT molecular complexity index is 1160. The van der Waals surface area contributed by atoms with E-state index in [0.717, 1.165) is 32.4 Å². The van der Waals surface area contributed by atoms with Crippen LogP contribution >= 0.6 is 27.7 Å². The van der Waals surface area contributed by atoms with Crippen LogP contribution in [0.4, 0.5) is 4.39 Å². The largest absolute Gasteiger partial charge is 0.351 e. The Morgan fingerprint density at radius 2 is 1.67 bits per heavy atom. The van der Waals surface area contributed by atoms with Crippen molar-refractivity contribution in [3.63, 3.8) is 0 Å². The van der Waals surface area contributed by atoms with Crippen molar-refractivity contribution in [2.75, 3.05) is 5.75 Å². The molecule has 1 amide bonds. The molecule has 0 fully saturated rings. The SMILES string of the molecule is O=C(CSc1cn(Cc2ccc(Br)cc2)c2ccccc12)NCc1ccc(F)cc1. The molecule has 6 heteroatoms. The van der Waals surface area contributed by atoms with Gasteiger partial charge in [0.25, 0.3) is 0 Å². The fraction of sp³-hybridized carbons (Fsp3) is 0.125. The molecule has 3 aromatic carbocycles. The fourth-order valence-corrected chi connectivity index (χ4v) is 4.43. The van der Waals surface area contributed by atoms with Crippen molar-refractivity contribution in [1.29, 1.82) is 0 Å². The molecule has 0 bridgehead atoms. The molecule has 1 heterocycles. The van der Waals surface area contributed by atoms with Gasteiger partial charge in [-0.2, -0.15) is 0 Å². The van der Waals surface area contributed by atoms with Crippen LogP contribution < -0.4 is 5.32 Å². The van der Waals surface area contributed by atoms with Gasteiger partial charge in [0.15, 0.2) is 0 Å². The number of halogens is 2. The van der Waals surface area contributed by atoms with Gasteiger partial charge in [0.1, 0.15) is 5.82 Å². The van der Waals surface area contributed by atoms with Crippen molar-refractivity contribution in [2.45, 2.75) is 18.0 Å². The maximum atomic E-state index is 13.0. The van der Waals surface area contributed by atoms with Gasteiger partial charge in [-0.05, 0) is 41.5 Å². The van der Waals surface area contributed by atoms with E-state index in [2.05, 4.69) is 56.3 Å². The third-order valence-corrected chi connectivity index (χ3v) is 6.35. The van der Waals surface area contributed by atoms with Crippen LogP contribution in [0.25, 0.3) is 10.9 Å². The molecule has 1 aromatic heterocycles. The topological polar surface area (TPSA) is 34.0 Å². The van der Waals surface area contributed by atoms with Crippen LogP contribution in [0.3, 0.4) is 0 Å². The average Bonchev–Trinajstić information content (AvgIpc) is 3.11.